The Morgan fingerprint density at radius 1 is 1.59 bits per heavy atom. The summed E-state index contributed by atoms with van der Waals surface area (Å²) in [6.45, 7) is 6.07. The van der Waals surface area contributed by atoms with Crippen molar-refractivity contribution in [2.24, 2.45) is 17.6 Å². The van der Waals surface area contributed by atoms with E-state index < -0.39 is 5.54 Å². The molecule has 100 valence electrons. The average Bonchev–Trinajstić information content (AvgIpc) is 2.24. The summed E-state index contributed by atoms with van der Waals surface area (Å²) < 4.78 is 0. The molecule has 0 aromatic rings. The first-order valence-electron chi connectivity index (χ1n) is 6.59. The maximum absolute atomic E-state index is 12.2. The van der Waals surface area contributed by atoms with Crippen molar-refractivity contribution >= 4 is 5.91 Å². The summed E-state index contributed by atoms with van der Waals surface area (Å²) in [5, 5.41) is 12.1. The summed E-state index contributed by atoms with van der Waals surface area (Å²) >= 11 is 0. The van der Waals surface area contributed by atoms with Gasteiger partial charge >= 0.3 is 0 Å². The van der Waals surface area contributed by atoms with Crippen molar-refractivity contribution < 1.29 is 9.90 Å². The van der Waals surface area contributed by atoms with Gasteiger partial charge in [-0.05, 0) is 24.7 Å². The highest BCUT2D eigenvalue weighted by molar-refractivity contribution is 5.86. The van der Waals surface area contributed by atoms with Crippen LogP contribution in [0, 0.1) is 11.8 Å². The standard InChI is InChI=1S/C13H26N2O2/c1-9(2)11(8-16)15-12(17)13(14)6-4-5-10(3)7-13/h9-11,16H,4-8,14H2,1-3H3,(H,15,17)/t10?,11-,13?/m1/s1. The van der Waals surface area contributed by atoms with E-state index in [-0.39, 0.29) is 24.5 Å². The second-order valence-electron chi connectivity index (χ2n) is 5.86. The highest BCUT2D eigenvalue weighted by atomic mass is 16.3. The van der Waals surface area contributed by atoms with Gasteiger partial charge in [-0.2, -0.15) is 0 Å². The number of amides is 1. The van der Waals surface area contributed by atoms with Gasteiger partial charge in [-0.3, -0.25) is 4.79 Å². The molecule has 0 bridgehead atoms. The molecule has 2 unspecified atom stereocenters. The number of rotatable bonds is 4. The maximum atomic E-state index is 12.2. The summed E-state index contributed by atoms with van der Waals surface area (Å²) in [5.74, 6) is 0.622. The minimum atomic E-state index is -0.736. The van der Waals surface area contributed by atoms with E-state index in [0.29, 0.717) is 5.92 Å². The van der Waals surface area contributed by atoms with E-state index in [1.54, 1.807) is 0 Å². The van der Waals surface area contributed by atoms with Gasteiger partial charge in [0, 0.05) is 0 Å². The minimum absolute atomic E-state index is 0.0327. The van der Waals surface area contributed by atoms with Gasteiger partial charge in [-0.1, -0.05) is 33.6 Å². The van der Waals surface area contributed by atoms with Crippen LogP contribution in [0.3, 0.4) is 0 Å². The summed E-state index contributed by atoms with van der Waals surface area (Å²) in [5.41, 5.74) is 5.47. The smallest absolute Gasteiger partial charge is 0.240 e. The van der Waals surface area contributed by atoms with Gasteiger partial charge in [0.25, 0.3) is 0 Å². The van der Waals surface area contributed by atoms with Gasteiger partial charge in [0.15, 0.2) is 0 Å². The molecule has 17 heavy (non-hydrogen) atoms. The third kappa shape index (κ3) is 3.68. The van der Waals surface area contributed by atoms with Crippen molar-refractivity contribution in [3.63, 3.8) is 0 Å². The van der Waals surface area contributed by atoms with Crippen molar-refractivity contribution in [1.29, 1.82) is 0 Å². The number of nitrogens with one attached hydrogen (secondary N) is 1. The minimum Gasteiger partial charge on any atom is -0.394 e. The Hall–Kier alpha value is -0.610. The van der Waals surface area contributed by atoms with E-state index in [1.165, 1.54) is 0 Å². The molecule has 1 amide bonds. The zero-order valence-corrected chi connectivity index (χ0v) is 11.2. The van der Waals surface area contributed by atoms with E-state index in [1.807, 2.05) is 13.8 Å². The molecule has 0 aromatic heterocycles. The number of aliphatic hydroxyl groups is 1. The fraction of sp³-hybridized carbons (Fsp3) is 0.923. The van der Waals surface area contributed by atoms with Gasteiger partial charge in [0.05, 0.1) is 18.2 Å². The van der Waals surface area contributed by atoms with Gasteiger partial charge < -0.3 is 16.2 Å². The number of nitrogens with two attached hydrogens (primary N) is 1. The van der Waals surface area contributed by atoms with Crippen LogP contribution in [-0.2, 0) is 4.79 Å². The second-order valence-corrected chi connectivity index (χ2v) is 5.86. The topological polar surface area (TPSA) is 75.4 Å². The molecule has 1 aliphatic rings. The summed E-state index contributed by atoms with van der Waals surface area (Å²) in [6.07, 6.45) is 3.66. The molecule has 0 radical (unpaired) electrons. The Morgan fingerprint density at radius 3 is 2.71 bits per heavy atom. The van der Waals surface area contributed by atoms with Crippen LogP contribution in [0.25, 0.3) is 0 Å². The number of carbonyl (C=O) groups excluding carboxylic acids is 1. The van der Waals surface area contributed by atoms with Crippen molar-refractivity contribution in [2.75, 3.05) is 6.61 Å². The monoisotopic (exact) mass is 242 g/mol. The third-order valence-corrected chi connectivity index (χ3v) is 3.80. The van der Waals surface area contributed by atoms with Gasteiger partial charge in [0.2, 0.25) is 5.91 Å². The molecule has 1 rings (SSSR count). The van der Waals surface area contributed by atoms with Crippen LogP contribution in [0.15, 0.2) is 0 Å². The van der Waals surface area contributed by atoms with Crippen molar-refractivity contribution in [3.05, 3.63) is 0 Å². The van der Waals surface area contributed by atoms with E-state index >= 15 is 0 Å². The van der Waals surface area contributed by atoms with Gasteiger partial charge in [-0.25, -0.2) is 0 Å². The molecule has 4 heteroatoms. The predicted octanol–water partition coefficient (Wildman–Crippen LogP) is 1.03. The molecule has 0 spiro atoms. The van der Waals surface area contributed by atoms with E-state index in [9.17, 15) is 9.90 Å². The summed E-state index contributed by atoms with van der Waals surface area (Å²) in [6, 6.07) is -0.194. The molecule has 1 fully saturated rings. The van der Waals surface area contributed by atoms with Crippen LogP contribution in [-0.4, -0.2) is 29.2 Å². The first-order valence-corrected chi connectivity index (χ1v) is 6.59. The Bertz CT molecular complexity index is 268. The molecule has 3 atom stereocenters. The number of aliphatic hydroxyl groups excluding tert-OH is 1. The zero-order chi connectivity index (χ0) is 13.1. The number of carbonyl (C=O) groups is 1. The largest absolute Gasteiger partial charge is 0.394 e. The molecule has 1 saturated carbocycles. The Labute approximate surface area is 104 Å². The van der Waals surface area contributed by atoms with Crippen molar-refractivity contribution in [1.82, 2.24) is 5.32 Å². The fourth-order valence-electron chi connectivity index (χ4n) is 2.53. The van der Waals surface area contributed by atoms with Crippen LogP contribution in [0.2, 0.25) is 0 Å². The van der Waals surface area contributed by atoms with Crippen LogP contribution in [0.4, 0.5) is 0 Å². The highest BCUT2D eigenvalue weighted by Gasteiger charge is 2.38. The van der Waals surface area contributed by atoms with Crippen LogP contribution in [0.5, 0.6) is 0 Å². The Kier molecular flexibility index (Phi) is 4.95. The molecule has 0 aromatic carbocycles. The lowest BCUT2D eigenvalue weighted by molar-refractivity contribution is -0.129. The predicted molar refractivity (Wildman–Crippen MR) is 68.4 cm³/mol. The SMILES string of the molecule is CC1CCCC(N)(C(=O)N[C@H](CO)C(C)C)C1. The lowest BCUT2D eigenvalue weighted by atomic mass is 9.76. The summed E-state index contributed by atoms with van der Waals surface area (Å²) in [7, 11) is 0. The van der Waals surface area contributed by atoms with Gasteiger partial charge in [0.1, 0.15) is 0 Å². The number of hydrogen-bond donors (Lipinski definition) is 3. The Balaban J connectivity index is 2.62. The average molecular weight is 242 g/mol. The van der Waals surface area contributed by atoms with Crippen LogP contribution in [0.1, 0.15) is 46.5 Å². The van der Waals surface area contributed by atoms with Gasteiger partial charge in [-0.15, -0.1) is 0 Å². The van der Waals surface area contributed by atoms with E-state index in [0.717, 1.165) is 25.7 Å². The Morgan fingerprint density at radius 2 is 2.24 bits per heavy atom. The first kappa shape index (κ1) is 14.5. The molecular formula is C13H26N2O2. The third-order valence-electron chi connectivity index (χ3n) is 3.80. The molecule has 0 heterocycles. The summed E-state index contributed by atoms with van der Waals surface area (Å²) in [4.78, 5) is 12.2. The van der Waals surface area contributed by atoms with Crippen molar-refractivity contribution in [2.45, 2.75) is 58.0 Å². The lowest BCUT2D eigenvalue weighted by Crippen LogP contribution is -2.59. The molecule has 1 aliphatic carbocycles. The maximum Gasteiger partial charge on any atom is 0.240 e. The molecule has 0 aliphatic heterocycles. The van der Waals surface area contributed by atoms with E-state index in [2.05, 4.69) is 12.2 Å². The van der Waals surface area contributed by atoms with Crippen molar-refractivity contribution in [3.8, 4) is 0 Å². The molecular weight excluding hydrogens is 216 g/mol. The van der Waals surface area contributed by atoms with E-state index in [4.69, 9.17) is 5.73 Å². The first-order chi connectivity index (χ1) is 7.89. The second kappa shape index (κ2) is 5.83. The quantitative estimate of drug-likeness (QED) is 0.689. The molecule has 4 nitrogen and oxygen atoms in total. The molecule has 0 saturated heterocycles. The molecule has 4 N–H and O–H groups in total. The fourth-order valence-corrected chi connectivity index (χ4v) is 2.53. The zero-order valence-electron chi connectivity index (χ0n) is 11.2. The van der Waals surface area contributed by atoms with Crippen LogP contribution >= 0.6 is 0 Å². The lowest BCUT2D eigenvalue weighted by Gasteiger charge is -2.36. The normalized spacial score (nSPS) is 31.3. The highest BCUT2D eigenvalue weighted by Crippen LogP contribution is 2.30. The number of hydrogen-bond acceptors (Lipinski definition) is 3. The van der Waals surface area contributed by atoms with Crippen LogP contribution < -0.4 is 11.1 Å².